The van der Waals surface area contributed by atoms with Crippen LogP contribution in [-0.4, -0.2) is 41.2 Å². The molecule has 15 heavy (non-hydrogen) atoms. The Bertz CT molecular complexity index is 343. The van der Waals surface area contributed by atoms with Gasteiger partial charge in [0.15, 0.2) is 0 Å². The molecule has 1 heterocycles. The molecule has 1 amide bonds. The summed E-state index contributed by atoms with van der Waals surface area (Å²) in [5.74, 6) is 0.0777. The summed E-state index contributed by atoms with van der Waals surface area (Å²) in [6.07, 6.45) is 0. The molecule has 0 aliphatic heterocycles. The highest BCUT2D eigenvalue weighted by Gasteiger charge is 2.05. The summed E-state index contributed by atoms with van der Waals surface area (Å²) in [6, 6.07) is 2.01. The molecule has 0 aliphatic rings. The van der Waals surface area contributed by atoms with Crippen molar-refractivity contribution < 1.29 is 4.79 Å². The van der Waals surface area contributed by atoms with Gasteiger partial charge in [0.05, 0.1) is 17.9 Å². The number of hydrogen-bond donors (Lipinski definition) is 1. The molecule has 1 aromatic heterocycles. The van der Waals surface area contributed by atoms with Crippen LogP contribution in [0.5, 0.6) is 0 Å². The zero-order valence-electron chi connectivity index (χ0n) is 9.74. The number of aromatic nitrogens is 2. The summed E-state index contributed by atoms with van der Waals surface area (Å²) >= 11 is 0. The van der Waals surface area contributed by atoms with Crippen molar-refractivity contribution in [3.05, 3.63) is 17.5 Å². The maximum Gasteiger partial charge on any atom is 0.236 e. The molecule has 1 N–H and O–H groups in total. The number of amides is 1. The van der Waals surface area contributed by atoms with Crippen LogP contribution in [0.15, 0.2) is 6.07 Å². The lowest BCUT2D eigenvalue weighted by Crippen LogP contribution is -2.32. The predicted octanol–water partition coefficient (Wildman–Crippen LogP) is -0.0937. The first kappa shape index (κ1) is 11.7. The standard InChI is InChI=1S/C10H18N4O/c1-8-5-9(14(4)12-8)6-11-7-10(15)13(2)3/h5,11H,6-7H2,1-4H3. The Labute approximate surface area is 90.1 Å². The monoisotopic (exact) mass is 210 g/mol. The van der Waals surface area contributed by atoms with Gasteiger partial charge in [0.2, 0.25) is 5.91 Å². The van der Waals surface area contributed by atoms with Crippen molar-refractivity contribution in [1.82, 2.24) is 20.0 Å². The lowest BCUT2D eigenvalue weighted by atomic mass is 10.3. The number of carbonyl (C=O) groups is 1. The third-order valence-corrected chi connectivity index (χ3v) is 2.18. The maximum absolute atomic E-state index is 11.3. The molecule has 5 heteroatoms. The summed E-state index contributed by atoms with van der Waals surface area (Å²) in [5, 5.41) is 7.31. The van der Waals surface area contributed by atoms with E-state index in [0.717, 1.165) is 11.4 Å². The first-order valence-corrected chi connectivity index (χ1v) is 4.91. The lowest BCUT2D eigenvalue weighted by Gasteiger charge is -2.10. The van der Waals surface area contributed by atoms with Gasteiger partial charge >= 0.3 is 0 Å². The minimum absolute atomic E-state index is 0.0777. The summed E-state index contributed by atoms with van der Waals surface area (Å²) < 4.78 is 1.82. The van der Waals surface area contributed by atoms with Crippen LogP contribution in [0.4, 0.5) is 0 Å². The van der Waals surface area contributed by atoms with Gasteiger partial charge in [0.25, 0.3) is 0 Å². The Hall–Kier alpha value is -1.36. The van der Waals surface area contributed by atoms with E-state index in [4.69, 9.17) is 0 Å². The maximum atomic E-state index is 11.3. The second-order valence-electron chi connectivity index (χ2n) is 3.79. The van der Waals surface area contributed by atoms with Crippen LogP contribution in [0.2, 0.25) is 0 Å². The second-order valence-corrected chi connectivity index (χ2v) is 3.79. The zero-order valence-corrected chi connectivity index (χ0v) is 9.74. The minimum Gasteiger partial charge on any atom is -0.348 e. The number of nitrogens with one attached hydrogen (secondary N) is 1. The molecule has 5 nitrogen and oxygen atoms in total. The van der Waals surface area contributed by atoms with Gasteiger partial charge in [-0.1, -0.05) is 0 Å². The molecule has 0 unspecified atom stereocenters. The largest absolute Gasteiger partial charge is 0.348 e. The molecule has 0 aliphatic carbocycles. The van der Waals surface area contributed by atoms with Gasteiger partial charge in [-0.3, -0.25) is 9.48 Å². The molecule has 0 saturated heterocycles. The molecule has 0 spiro atoms. The van der Waals surface area contributed by atoms with Crippen molar-refractivity contribution in [3.8, 4) is 0 Å². The smallest absolute Gasteiger partial charge is 0.236 e. The number of nitrogens with zero attached hydrogens (tertiary/aromatic N) is 3. The average Bonchev–Trinajstić information content (AvgIpc) is 2.45. The number of hydrogen-bond acceptors (Lipinski definition) is 3. The molecule has 84 valence electrons. The Balaban J connectivity index is 2.38. The predicted molar refractivity (Wildman–Crippen MR) is 58.3 cm³/mol. The van der Waals surface area contributed by atoms with Gasteiger partial charge in [-0.25, -0.2) is 0 Å². The van der Waals surface area contributed by atoms with E-state index in [-0.39, 0.29) is 5.91 Å². The van der Waals surface area contributed by atoms with Crippen molar-refractivity contribution in [2.75, 3.05) is 20.6 Å². The van der Waals surface area contributed by atoms with E-state index >= 15 is 0 Å². The van der Waals surface area contributed by atoms with Crippen LogP contribution < -0.4 is 5.32 Å². The average molecular weight is 210 g/mol. The number of carbonyl (C=O) groups excluding carboxylic acids is 1. The highest BCUT2D eigenvalue weighted by Crippen LogP contribution is 2.00. The molecule has 0 saturated carbocycles. The Morgan fingerprint density at radius 3 is 2.73 bits per heavy atom. The Kier molecular flexibility index (Phi) is 3.85. The van der Waals surface area contributed by atoms with E-state index in [1.165, 1.54) is 0 Å². The quantitative estimate of drug-likeness (QED) is 0.755. The number of aryl methyl sites for hydroxylation is 2. The molecule has 0 aromatic carbocycles. The van der Waals surface area contributed by atoms with Crippen molar-refractivity contribution in [2.45, 2.75) is 13.5 Å². The fourth-order valence-corrected chi connectivity index (χ4v) is 1.29. The molecule has 1 aromatic rings. The third-order valence-electron chi connectivity index (χ3n) is 2.18. The van der Waals surface area contributed by atoms with Crippen LogP contribution in [-0.2, 0) is 18.4 Å². The van der Waals surface area contributed by atoms with Crippen molar-refractivity contribution in [2.24, 2.45) is 7.05 Å². The van der Waals surface area contributed by atoms with Gasteiger partial charge in [-0.05, 0) is 13.0 Å². The molecule has 0 bridgehead atoms. The minimum atomic E-state index is 0.0777. The van der Waals surface area contributed by atoms with E-state index in [0.29, 0.717) is 13.1 Å². The molecular weight excluding hydrogens is 192 g/mol. The molecular formula is C10H18N4O. The third kappa shape index (κ3) is 3.36. The Morgan fingerprint density at radius 1 is 1.60 bits per heavy atom. The SMILES string of the molecule is Cc1cc(CNCC(=O)N(C)C)n(C)n1. The van der Waals surface area contributed by atoms with Crippen molar-refractivity contribution in [1.29, 1.82) is 0 Å². The molecule has 0 radical (unpaired) electrons. The van der Waals surface area contributed by atoms with Crippen LogP contribution in [0, 0.1) is 6.92 Å². The Morgan fingerprint density at radius 2 is 2.27 bits per heavy atom. The van der Waals surface area contributed by atoms with Gasteiger partial charge in [-0.2, -0.15) is 5.10 Å². The molecule has 0 fully saturated rings. The topological polar surface area (TPSA) is 50.2 Å². The molecule has 1 rings (SSSR count). The fraction of sp³-hybridized carbons (Fsp3) is 0.600. The lowest BCUT2D eigenvalue weighted by molar-refractivity contribution is -0.127. The summed E-state index contributed by atoms with van der Waals surface area (Å²) in [5.41, 5.74) is 2.08. The summed E-state index contributed by atoms with van der Waals surface area (Å²) in [4.78, 5) is 12.8. The first-order chi connectivity index (χ1) is 7.00. The second kappa shape index (κ2) is 4.93. The summed E-state index contributed by atoms with van der Waals surface area (Å²) in [6.45, 7) is 2.97. The normalized spacial score (nSPS) is 10.4. The van der Waals surface area contributed by atoms with Crippen molar-refractivity contribution >= 4 is 5.91 Å². The van der Waals surface area contributed by atoms with E-state index < -0.39 is 0 Å². The van der Waals surface area contributed by atoms with Gasteiger partial charge < -0.3 is 10.2 Å². The first-order valence-electron chi connectivity index (χ1n) is 4.91. The van der Waals surface area contributed by atoms with Crippen LogP contribution in [0.3, 0.4) is 0 Å². The highest BCUT2D eigenvalue weighted by atomic mass is 16.2. The van der Waals surface area contributed by atoms with Gasteiger partial charge in [0.1, 0.15) is 0 Å². The number of rotatable bonds is 4. The van der Waals surface area contributed by atoms with Crippen LogP contribution in [0.25, 0.3) is 0 Å². The number of likely N-dealkylation sites (N-methyl/N-ethyl adjacent to an activating group) is 1. The molecule has 0 atom stereocenters. The fourth-order valence-electron chi connectivity index (χ4n) is 1.29. The highest BCUT2D eigenvalue weighted by molar-refractivity contribution is 5.77. The van der Waals surface area contributed by atoms with Crippen molar-refractivity contribution in [3.63, 3.8) is 0 Å². The van der Waals surface area contributed by atoms with Gasteiger partial charge in [0, 0.05) is 27.7 Å². The van der Waals surface area contributed by atoms with E-state index in [1.54, 1.807) is 19.0 Å². The van der Waals surface area contributed by atoms with Crippen LogP contribution >= 0.6 is 0 Å². The van der Waals surface area contributed by atoms with E-state index in [9.17, 15) is 4.79 Å². The van der Waals surface area contributed by atoms with E-state index in [2.05, 4.69) is 10.4 Å². The van der Waals surface area contributed by atoms with E-state index in [1.807, 2.05) is 24.7 Å². The van der Waals surface area contributed by atoms with Crippen LogP contribution in [0.1, 0.15) is 11.4 Å². The zero-order chi connectivity index (χ0) is 11.4. The summed E-state index contributed by atoms with van der Waals surface area (Å²) in [7, 11) is 5.40. The van der Waals surface area contributed by atoms with Gasteiger partial charge in [-0.15, -0.1) is 0 Å².